The molecule has 1 fully saturated rings. The summed E-state index contributed by atoms with van der Waals surface area (Å²) in [5.41, 5.74) is 7.28. The van der Waals surface area contributed by atoms with E-state index in [0.29, 0.717) is 24.4 Å². The van der Waals surface area contributed by atoms with E-state index in [9.17, 15) is 4.79 Å². The van der Waals surface area contributed by atoms with E-state index in [-0.39, 0.29) is 11.9 Å². The lowest BCUT2D eigenvalue weighted by Crippen LogP contribution is -2.48. The number of aromatic nitrogens is 2. The molecule has 1 saturated heterocycles. The molecular weight excluding hydrogens is 408 g/mol. The lowest BCUT2D eigenvalue weighted by molar-refractivity contribution is -0.122. The first-order valence-corrected chi connectivity index (χ1v) is 12.4. The summed E-state index contributed by atoms with van der Waals surface area (Å²) in [5.74, 6) is 0.541. The minimum atomic E-state index is 0.150. The number of amides is 1. The van der Waals surface area contributed by atoms with Gasteiger partial charge in [-0.2, -0.15) is 0 Å². The second-order valence-corrected chi connectivity index (χ2v) is 10.0. The Kier molecular flexibility index (Phi) is 6.89. The maximum Gasteiger partial charge on any atom is 0.219 e. The fourth-order valence-corrected chi connectivity index (χ4v) is 5.36. The summed E-state index contributed by atoms with van der Waals surface area (Å²) in [5, 5.41) is 4.55. The van der Waals surface area contributed by atoms with Crippen molar-refractivity contribution >= 4 is 16.8 Å². The molecule has 0 bridgehead atoms. The Morgan fingerprint density at radius 2 is 2.00 bits per heavy atom. The number of carbonyl (C=O) groups excluding carboxylic acids is 1. The van der Waals surface area contributed by atoms with E-state index in [2.05, 4.69) is 78.2 Å². The molecule has 3 heterocycles. The number of likely N-dealkylation sites (tertiary alicyclic amines) is 1. The summed E-state index contributed by atoms with van der Waals surface area (Å²) < 4.78 is 0. The van der Waals surface area contributed by atoms with Crippen molar-refractivity contribution in [2.24, 2.45) is 0 Å². The highest BCUT2D eigenvalue weighted by atomic mass is 16.1. The SMILES string of the molecule is CCC(=O)NC1CCN(C(C)C)C(c2ccc3[nH]c(-c4ccnc(C)c4)c(C(C)C)c3c2)C1. The maximum absolute atomic E-state index is 12.1. The van der Waals surface area contributed by atoms with Crippen molar-refractivity contribution in [2.45, 2.75) is 84.8 Å². The Bertz CT molecular complexity index is 1130. The van der Waals surface area contributed by atoms with Crippen LogP contribution >= 0.6 is 0 Å². The van der Waals surface area contributed by atoms with E-state index < -0.39 is 0 Å². The Morgan fingerprint density at radius 3 is 2.67 bits per heavy atom. The average molecular weight is 447 g/mol. The zero-order valence-electron chi connectivity index (χ0n) is 20.9. The number of benzene rings is 1. The quantitative estimate of drug-likeness (QED) is 0.481. The number of nitrogens with one attached hydrogen (secondary N) is 2. The number of hydrogen-bond donors (Lipinski definition) is 2. The van der Waals surface area contributed by atoms with Crippen molar-refractivity contribution in [3.63, 3.8) is 0 Å². The molecule has 33 heavy (non-hydrogen) atoms. The summed E-state index contributed by atoms with van der Waals surface area (Å²) in [6.45, 7) is 14.0. The van der Waals surface area contributed by atoms with Crippen molar-refractivity contribution < 1.29 is 4.79 Å². The van der Waals surface area contributed by atoms with Crippen molar-refractivity contribution in [1.29, 1.82) is 0 Å². The van der Waals surface area contributed by atoms with Crippen LogP contribution < -0.4 is 5.32 Å². The van der Waals surface area contributed by atoms with Crippen molar-refractivity contribution in [3.05, 3.63) is 53.3 Å². The van der Waals surface area contributed by atoms with E-state index in [1.807, 2.05) is 20.0 Å². The molecule has 176 valence electrons. The molecule has 0 aliphatic carbocycles. The molecule has 1 aromatic carbocycles. The van der Waals surface area contributed by atoms with Gasteiger partial charge in [-0.05, 0) is 74.9 Å². The normalized spacial score (nSPS) is 19.5. The molecule has 1 aliphatic rings. The standard InChI is InChI=1S/C28H38N4O/c1-7-26(33)30-22-11-13-32(18(4)5)25(16-22)20-8-9-24-23(15-20)27(17(2)3)28(31-24)21-10-12-29-19(6)14-21/h8-10,12,14-15,17-18,22,25,31H,7,11,13,16H2,1-6H3,(H,30,33). The number of aromatic amines is 1. The molecule has 1 aliphatic heterocycles. The maximum atomic E-state index is 12.1. The van der Waals surface area contributed by atoms with Crippen LogP contribution in [0.4, 0.5) is 0 Å². The fraction of sp³-hybridized carbons (Fsp3) is 0.500. The van der Waals surface area contributed by atoms with Gasteiger partial charge in [0.15, 0.2) is 0 Å². The molecular formula is C28H38N4O. The first kappa shape index (κ1) is 23.5. The highest BCUT2D eigenvalue weighted by molar-refractivity contribution is 5.92. The van der Waals surface area contributed by atoms with Crippen LogP contribution in [0.3, 0.4) is 0 Å². The average Bonchev–Trinajstić information content (AvgIpc) is 3.18. The third-order valence-electron chi connectivity index (χ3n) is 7.00. The van der Waals surface area contributed by atoms with Gasteiger partial charge in [-0.3, -0.25) is 14.7 Å². The van der Waals surface area contributed by atoms with E-state index in [1.54, 1.807) is 0 Å². The molecule has 0 spiro atoms. The summed E-state index contributed by atoms with van der Waals surface area (Å²) >= 11 is 0. The van der Waals surface area contributed by atoms with Gasteiger partial charge in [0.2, 0.25) is 5.91 Å². The molecule has 2 atom stereocenters. The number of aryl methyl sites for hydroxylation is 1. The molecule has 2 N–H and O–H groups in total. The van der Waals surface area contributed by atoms with E-state index >= 15 is 0 Å². The number of pyridine rings is 1. The van der Waals surface area contributed by atoms with Gasteiger partial charge >= 0.3 is 0 Å². The molecule has 5 nitrogen and oxygen atoms in total. The number of nitrogens with zero attached hydrogens (tertiary/aromatic N) is 2. The molecule has 0 radical (unpaired) electrons. The van der Waals surface area contributed by atoms with Crippen LogP contribution in [-0.4, -0.2) is 39.4 Å². The Balaban J connectivity index is 1.76. The predicted molar refractivity (Wildman–Crippen MR) is 136 cm³/mol. The van der Waals surface area contributed by atoms with E-state index in [4.69, 9.17) is 0 Å². The van der Waals surface area contributed by atoms with E-state index in [1.165, 1.54) is 33.3 Å². The van der Waals surface area contributed by atoms with Crippen LogP contribution in [0.1, 0.15) is 82.7 Å². The molecule has 4 rings (SSSR count). The highest BCUT2D eigenvalue weighted by Crippen LogP contribution is 2.39. The summed E-state index contributed by atoms with van der Waals surface area (Å²) in [6.07, 6.45) is 4.39. The number of piperidine rings is 1. The van der Waals surface area contributed by atoms with Gasteiger partial charge in [0.05, 0.1) is 5.69 Å². The second kappa shape index (κ2) is 9.68. The fourth-order valence-electron chi connectivity index (χ4n) is 5.36. The largest absolute Gasteiger partial charge is 0.354 e. The minimum Gasteiger partial charge on any atom is -0.354 e. The lowest BCUT2D eigenvalue weighted by Gasteiger charge is -2.42. The van der Waals surface area contributed by atoms with Gasteiger partial charge in [-0.25, -0.2) is 0 Å². The highest BCUT2D eigenvalue weighted by Gasteiger charge is 2.32. The molecule has 1 amide bonds. The zero-order valence-corrected chi connectivity index (χ0v) is 20.9. The second-order valence-electron chi connectivity index (χ2n) is 10.0. The third-order valence-corrected chi connectivity index (χ3v) is 7.00. The van der Waals surface area contributed by atoms with Crippen molar-refractivity contribution in [3.8, 4) is 11.3 Å². The van der Waals surface area contributed by atoms with E-state index in [0.717, 1.165) is 25.1 Å². The van der Waals surface area contributed by atoms with Gasteiger partial charge in [-0.15, -0.1) is 0 Å². The van der Waals surface area contributed by atoms with Gasteiger partial charge in [-0.1, -0.05) is 26.8 Å². The lowest BCUT2D eigenvalue weighted by atomic mass is 9.88. The van der Waals surface area contributed by atoms with Crippen LogP contribution in [-0.2, 0) is 4.79 Å². The van der Waals surface area contributed by atoms with Gasteiger partial charge < -0.3 is 10.3 Å². The number of fused-ring (bicyclic) bond motifs is 1. The van der Waals surface area contributed by atoms with Gasteiger partial charge in [0.25, 0.3) is 0 Å². The van der Waals surface area contributed by atoms with Crippen LogP contribution in [0, 0.1) is 6.92 Å². The number of hydrogen-bond acceptors (Lipinski definition) is 3. The molecule has 2 unspecified atom stereocenters. The van der Waals surface area contributed by atoms with Crippen LogP contribution in [0.15, 0.2) is 36.5 Å². The van der Waals surface area contributed by atoms with Crippen LogP contribution in [0.2, 0.25) is 0 Å². The topological polar surface area (TPSA) is 61.0 Å². The number of rotatable bonds is 6. The Hall–Kier alpha value is -2.66. The van der Waals surface area contributed by atoms with Crippen LogP contribution in [0.5, 0.6) is 0 Å². The molecule has 5 heteroatoms. The van der Waals surface area contributed by atoms with Gasteiger partial charge in [0, 0.05) is 59.4 Å². The first-order valence-electron chi connectivity index (χ1n) is 12.4. The number of H-pyrrole nitrogens is 1. The predicted octanol–water partition coefficient (Wildman–Crippen LogP) is 6.10. The third kappa shape index (κ3) is 4.84. The Labute approximate surface area is 198 Å². The van der Waals surface area contributed by atoms with Gasteiger partial charge in [0.1, 0.15) is 0 Å². The summed E-state index contributed by atoms with van der Waals surface area (Å²) in [6, 6.07) is 12.1. The summed E-state index contributed by atoms with van der Waals surface area (Å²) in [7, 11) is 0. The molecule has 3 aromatic rings. The minimum absolute atomic E-state index is 0.150. The van der Waals surface area contributed by atoms with Crippen LogP contribution in [0.25, 0.3) is 22.2 Å². The number of carbonyl (C=O) groups is 1. The smallest absolute Gasteiger partial charge is 0.219 e. The molecule has 2 aromatic heterocycles. The summed E-state index contributed by atoms with van der Waals surface area (Å²) in [4.78, 5) is 22.7. The zero-order chi connectivity index (χ0) is 23.7. The first-order chi connectivity index (χ1) is 15.8. The Morgan fingerprint density at radius 1 is 1.21 bits per heavy atom. The van der Waals surface area contributed by atoms with Crippen molar-refractivity contribution in [1.82, 2.24) is 20.2 Å². The molecule has 0 saturated carbocycles. The van der Waals surface area contributed by atoms with Crippen molar-refractivity contribution in [2.75, 3.05) is 6.54 Å². The monoisotopic (exact) mass is 446 g/mol.